The summed E-state index contributed by atoms with van der Waals surface area (Å²) in [6, 6.07) is 11.9. The van der Waals surface area contributed by atoms with Gasteiger partial charge in [0.05, 0.1) is 0 Å². The van der Waals surface area contributed by atoms with E-state index in [0.717, 1.165) is 0 Å². The fourth-order valence-electron chi connectivity index (χ4n) is 2.60. The number of carbonyl (C=O) groups excluding carboxylic acids is 2. The van der Waals surface area contributed by atoms with Gasteiger partial charge in [0.1, 0.15) is 16.5 Å². The van der Waals surface area contributed by atoms with Crippen LogP contribution in [-0.4, -0.2) is 23.2 Å². The van der Waals surface area contributed by atoms with Crippen LogP contribution in [0.15, 0.2) is 48.5 Å². The largest absolute Gasteiger partial charge is 0.573 e. The molecule has 3 rings (SSSR count). The Morgan fingerprint density at radius 3 is 2.27 bits per heavy atom. The Morgan fingerprint density at radius 1 is 1.03 bits per heavy atom. The van der Waals surface area contributed by atoms with Crippen LogP contribution >= 0.6 is 11.3 Å². The van der Waals surface area contributed by atoms with Gasteiger partial charge in [0, 0.05) is 28.7 Å². The molecule has 6 nitrogen and oxygen atoms in total. The summed E-state index contributed by atoms with van der Waals surface area (Å²) in [6.07, 6.45) is -4.76. The van der Waals surface area contributed by atoms with Gasteiger partial charge in [0.25, 0.3) is 5.91 Å². The summed E-state index contributed by atoms with van der Waals surface area (Å²) < 4.78 is 40.7. The second kappa shape index (κ2) is 8.54. The van der Waals surface area contributed by atoms with E-state index in [9.17, 15) is 22.8 Å². The van der Waals surface area contributed by atoms with Crippen molar-refractivity contribution in [2.24, 2.45) is 0 Å². The number of carbonyl (C=O) groups is 2. The molecule has 0 aliphatic rings. The maximum atomic E-state index is 12.6. The molecule has 0 saturated heterocycles. The molecule has 0 radical (unpaired) electrons. The second-order valence-electron chi connectivity index (χ2n) is 6.21. The predicted molar refractivity (Wildman–Crippen MR) is 108 cm³/mol. The number of ether oxygens (including phenoxy) is 1. The van der Waals surface area contributed by atoms with Crippen molar-refractivity contribution in [3.8, 4) is 16.3 Å². The first kappa shape index (κ1) is 21.3. The zero-order chi connectivity index (χ0) is 21.9. The van der Waals surface area contributed by atoms with E-state index in [0.29, 0.717) is 26.8 Å². The Balaban J connectivity index is 1.76. The zero-order valence-corrected chi connectivity index (χ0v) is 16.6. The number of benzene rings is 2. The molecule has 30 heavy (non-hydrogen) atoms. The molecule has 3 aromatic rings. The van der Waals surface area contributed by atoms with Crippen molar-refractivity contribution in [1.82, 2.24) is 4.98 Å². The number of hydrogen-bond acceptors (Lipinski definition) is 5. The maximum Gasteiger partial charge on any atom is 0.573 e. The van der Waals surface area contributed by atoms with E-state index >= 15 is 0 Å². The number of amides is 2. The highest BCUT2D eigenvalue weighted by atomic mass is 32.1. The Bertz CT molecular complexity index is 1080. The lowest BCUT2D eigenvalue weighted by atomic mass is 10.2. The number of rotatable bonds is 5. The Hall–Kier alpha value is -3.40. The monoisotopic (exact) mass is 435 g/mol. The van der Waals surface area contributed by atoms with Crippen molar-refractivity contribution in [3.63, 3.8) is 0 Å². The lowest BCUT2D eigenvalue weighted by Gasteiger charge is -2.08. The topological polar surface area (TPSA) is 80.3 Å². The van der Waals surface area contributed by atoms with E-state index in [1.165, 1.54) is 42.5 Å². The minimum absolute atomic E-state index is 0.204. The van der Waals surface area contributed by atoms with Gasteiger partial charge < -0.3 is 15.4 Å². The SMILES string of the molecule is CC(=O)Nc1cccc(NC(=O)c2nc(-c3ccc(OC(F)(F)F)cc3)sc2C)c1. The summed E-state index contributed by atoms with van der Waals surface area (Å²) in [5.74, 6) is -1.01. The van der Waals surface area contributed by atoms with Gasteiger partial charge >= 0.3 is 6.36 Å². The van der Waals surface area contributed by atoms with Crippen LogP contribution in [0.25, 0.3) is 10.6 Å². The lowest BCUT2D eigenvalue weighted by molar-refractivity contribution is -0.274. The molecule has 1 heterocycles. The molecule has 1 aromatic heterocycles. The lowest BCUT2D eigenvalue weighted by Crippen LogP contribution is -2.16. The molecule has 0 aliphatic carbocycles. The van der Waals surface area contributed by atoms with Crippen LogP contribution in [0, 0.1) is 6.92 Å². The van der Waals surface area contributed by atoms with Gasteiger partial charge in [0.2, 0.25) is 5.91 Å². The van der Waals surface area contributed by atoms with Crippen LogP contribution in [-0.2, 0) is 4.79 Å². The molecule has 0 spiro atoms. The second-order valence-corrected chi connectivity index (χ2v) is 7.42. The molecule has 156 valence electrons. The van der Waals surface area contributed by atoms with Crippen LogP contribution < -0.4 is 15.4 Å². The van der Waals surface area contributed by atoms with Crippen LogP contribution in [0.2, 0.25) is 0 Å². The highest BCUT2D eigenvalue weighted by Gasteiger charge is 2.31. The first-order valence-corrected chi connectivity index (χ1v) is 9.45. The summed E-state index contributed by atoms with van der Waals surface area (Å²) in [5, 5.41) is 5.84. The normalized spacial score (nSPS) is 11.1. The number of anilines is 2. The summed E-state index contributed by atoms with van der Waals surface area (Å²) in [5.41, 5.74) is 1.78. The van der Waals surface area contributed by atoms with Crippen LogP contribution in [0.4, 0.5) is 24.5 Å². The smallest absolute Gasteiger partial charge is 0.406 e. The summed E-state index contributed by atoms with van der Waals surface area (Å²) in [7, 11) is 0. The highest BCUT2D eigenvalue weighted by Crippen LogP contribution is 2.31. The third kappa shape index (κ3) is 5.57. The van der Waals surface area contributed by atoms with Gasteiger partial charge in [0.15, 0.2) is 0 Å². The van der Waals surface area contributed by atoms with Gasteiger partial charge in [-0.25, -0.2) is 4.98 Å². The Labute approximate surface area is 173 Å². The number of aryl methyl sites for hydroxylation is 1. The van der Waals surface area contributed by atoms with Crippen molar-refractivity contribution >= 4 is 34.5 Å². The number of nitrogens with one attached hydrogen (secondary N) is 2. The molecule has 10 heteroatoms. The first-order chi connectivity index (χ1) is 14.1. The fraction of sp³-hybridized carbons (Fsp3) is 0.150. The molecule has 0 bridgehead atoms. The van der Waals surface area contributed by atoms with Crippen LogP contribution in [0.3, 0.4) is 0 Å². The third-order valence-corrected chi connectivity index (χ3v) is 4.81. The summed E-state index contributed by atoms with van der Waals surface area (Å²) in [6.45, 7) is 3.11. The van der Waals surface area contributed by atoms with Gasteiger partial charge in [-0.15, -0.1) is 24.5 Å². The van der Waals surface area contributed by atoms with E-state index in [1.807, 2.05) is 0 Å². The minimum Gasteiger partial charge on any atom is -0.406 e. The number of aromatic nitrogens is 1. The Kier molecular flexibility index (Phi) is 6.06. The molecule has 2 amide bonds. The van der Waals surface area contributed by atoms with Crippen molar-refractivity contribution in [2.45, 2.75) is 20.2 Å². The molecular weight excluding hydrogens is 419 g/mol. The number of thiazole rings is 1. The highest BCUT2D eigenvalue weighted by molar-refractivity contribution is 7.15. The third-order valence-electron chi connectivity index (χ3n) is 3.79. The average Bonchev–Trinajstić information content (AvgIpc) is 3.02. The number of hydrogen-bond donors (Lipinski definition) is 2. The average molecular weight is 435 g/mol. The van der Waals surface area contributed by atoms with E-state index in [1.54, 1.807) is 31.2 Å². The van der Waals surface area contributed by atoms with E-state index in [-0.39, 0.29) is 17.4 Å². The molecule has 2 N–H and O–H groups in total. The number of halogens is 3. The van der Waals surface area contributed by atoms with Crippen molar-refractivity contribution in [2.75, 3.05) is 10.6 Å². The predicted octanol–water partition coefficient (Wildman–Crippen LogP) is 5.23. The number of alkyl halides is 3. The summed E-state index contributed by atoms with van der Waals surface area (Å²) in [4.78, 5) is 28.8. The maximum absolute atomic E-state index is 12.6. The van der Waals surface area contributed by atoms with Gasteiger partial charge in [-0.05, 0) is 49.4 Å². The molecular formula is C20H16F3N3O3S. The van der Waals surface area contributed by atoms with Crippen LogP contribution in [0.1, 0.15) is 22.3 Å². The first-order valence-electron chi connectivity index (χ1n) is 8.63. The van der Waals surface area contributed by atoms with Gasteiger partial charge in [-0.1, -0.05) is 6.07 Å². The zero-order valence-electron chi connectivity index (χ0n) is 15.8. The molecule has 0 atom stereocenters. The van der Waals surface area contributed by atoms with Gasteiger partial charge in [-0.2, -0.15) is 0 Å². The van der Waals surface area contributed by atoms with E-state index in [2.05, 4.69) is 20.4 Å². The molecule has 0 aliphatic heterocycles. The molecule has 0 unspecified atom stereocenters. The van der Waals surface area contributed by atoms with E-state index < -0.39 is 12.3 Å². The van der Waals surface area contributed by atoms with Crippen molar-refractivity contribution in [3.05, 3.63) is 59.1 Å². The molecule has 0 fully saturated rings. The summed E-state index contributed by atoms with van der Waals surface area (Å²) >= 11 is 1.24. The Morgan fingerprint density at radius 2 is 1.67 bits per heavy atom. The van der Waals surface area contributed by atoms with Gasteiger partial charge in [-0.3, -0.25) is 9.59 Å². The fourth-order valence-corrected chi connectivity index (χ4v) is 3.51. The van der Waals surface area contributed by atoms with E-state index in [4.69, 9.17) is 0 Å². The number of nitrogens with zero attached hydrogens (tertiary/aromatic N) is 1. The van der Waals surface area contributed by atoms with Crippen molar-refractivity contribution < 1.29 is 27.5 Å². The molecule has 2 aromatic carbocycles. The minimum atomic E-state index is -4.76. The molecule has 0 saturated carbocycles. The van der Waals surface area contributed by atoms with Crippen molar-refractivity contribution in [1.29, 1.82) is 0 Å². The quantitative estimate of drug-likeness (QED) is 0.575. The van der Waals surface area contributed by atoms with Crippen LogP contribution in [0.5, 0.6) is 5.75 Å². The standard InChI is InChI=1S/C20H16F3N3O3S/c1-11-17(18(28)25-15-5-3-4-14(10-15)24-12(2)27)26-19(30-11)13-6-8-16(9-7-13)29-20(21,22)23/h3-10H,1-2H3,(H,24,27)(H,25,28).